The van der Waals surface area contributed by atoms with Crippen LogP contribution in [0.5, 0.6) is 0 Å². The highest BCUT2D eigenvalue weighted by atomic mass is 15.3. The molecule has 2 aromatic rings. The molecular weight excluding hydrogens is 246 g/mol. The van der Waals surface area contributed by atoms with Crippen LogP contribution in [0.15, 0.2) is 24.3 Å². The van der Waals surface area contributed by atoms with Crippen LogP contribution in [0.1, 0.15) is 48.0 Å². The third-order valence-corrected chi connectivity index (χ3v) is 3.96. The SMILES string of the molecule is CCNC(C)c1c(C)nn(Cc2ccccc2C)c1C. The van der Waals surface area contributed by atoms with Crippen molar-refractivity contribution >= 4 is 0 Å². The summed E-state index contributed by atoms with van der Waals surface area (Å²) >= 11 is 0. The van der Waals surface area contributed by atoms with Gasteiger partial charge in [-0.05, 0) is 45.4 Å². The predicted octanol–water partition coefficient (Wildman–Crippen LogP) is 3.53. The first-order valence-electron chi connectivity index (χ1n) is 7.36. The first kappa shape index (κ1) is 14.8. The zero-order chi connectivity index (χ0) is 14.7. The summed E-state index contributed by atoms with van der Waals surface area (Å²) < 4.78 is 2.13. The first-order valence-corrected chi connectivity index (χ1v) is 7.36. The highest BCUT2D eigenvalue weighted by Gasteiger charge is 2.17. The van der Waals surface area contributed by atoms with Crippen LogP contribution in [0.25, 0.3) is 0 Å². The van der Waals surface area contributed by atoms with Crippen molar-refractivity contribution in [1.29, 1.82) is 0 Å². The maximum Gasteiger partial charge on any atom is 0.0665 e. The molecule has 0 aliphatic heterocycles. The van der Waals surface area contributed by atoms with E-state index in [1.807, 2.05) is 0 Å². The maximum atomic E-state index is 4.73. The van der Waals surface area contributed by atoms with Gasteiger partial charge in [0.25, 0.3) is 0 Å². The average molecular weight is 271 g/mol. The molecule has 108 valence electrons. The number of nitrogens with one attached hydrogen (secondary N) is 1. The lowest BCUT2D eigenvalue weighted by atomic mass is 10.1. The van der Waals surface area contributed by atoms with E-state index in [2.05, 4.69) is 68.9 Å². The van der Waals surface area contributed by atoms with Gasteiger partial charge in [-0.3, -0.25) is 4.68 Å². The Morgan fingerprint density at radius 2 is 1.90 bits per heavy atom. The van der Waals surface area contributed by atoms with Crippen molar-refractivity contribution in [2.75, 3.05) is 6.54 Å². The minimum Gasteiger partial charge on any atom is -0.310 e. The second kappa shape index (κ2) is 6.23. The molecule has 0 bridgehead atoms. The first-order chi connectivity index (χ1) is 9.54. The number of hydrogen-bond acceptors (Lipinski definition) is 2. The summed E-state index contributed by atoms with van der Waals surface area (Å²) in [6.07, 6.45) is 0. The lowest BCUT2D eigenvalue weighted by Gasteiger charge is -2.13. The monoisotopic (exact) mass is 271 g/mol. The molecule has 1 heterocycles. The molecule has 0 spiro atoms. The van der Waals surface area contributed by atoms with E-state index in [1.165, 1.54) is 22.4 Å². The van der Waals surface area contributed by atoms with Gasteiger partial charge in [-0.25, -0.2) is 0 Å². The van der Waals surface area contributed by atoms with E-state index in [4.69, 9.17) is 5.10 Å². The highest BCUT2D eigenvalue weighted by Crippen LogP contribution is 2.22. The molecule has 1 unspecified atom stereocenters. The van der Waals surface area contributed by atoms with Crippen LogP contribution >= 0.6 is 0 Å². The molecule has 1 aromatic heterocycles. The summed E-state index contributed by atoms with van der Waals surface area (Å²) in [5.74, 6) is 0. The van der Waals surface area contributed by atoms with Crippen molar-refractivity contribution < 1.29 is 0 Å². The summed E-state index contributed by atoms with van der Waals surface area (Å²) in [6, 6.07) is 8.86. The minimum atomic E-state index is 0.352. The standard InChI is InChI=1S/C17H25N3/c1-6-18-13(3)17-14(4)19-20(15(17)5)11-16-10-8-7-9-12(16)2/h7-10,13,18H,6,11H2,1-5H3. The van der Waals surface area contributed by atoms with Crippen LogP contribution in [-0.2, 0) is 6.54 Å². The third kappa shape index (κ3) is 2.93. The van der Waals surface area contributed by atoms with Gasteiger partial charge in [0.2, 0.25) is 0 Å². The molecule has 20 heavy (non-hydrogen) atoms. The molecule has 3 nitrogen and oxygen atoms in total. The smallest absolute Gasteiger partial charge is 0.0665 e. The number of rotatable bonds is 5. The van der Waals surface area contributed by atoms with Crippen molar-refractivity contribution in [3.05, 3.63) is 52.3 Å². The molecule has 0 fully saturated rings. The normalized spacial score (nSPS) is 12.7. The van der Waals surface area contributed by atoms with E-state index in [0.717, 1.165) is 18.8 Å². The van der Waals surface area contributed by atoms with Crippen LogP contribution in [0.3, 0.4) is 0 Å². The van der Waals surface area contributed by atoms with Crippen LogP contribution in [0, 0.1) is 20.8 Å². The van der Waals surface area contributed by atoms with Crippen molar-refractivity contribution in [2.24, 2.45) is 0 Å². The molecule has 0 saturated heterocycles. The van der Waals surface area contributed by atoms with Gasteiger partial charge in [0.1, 0.15) is 0 Å². The largest absolute Gasteiger partial charge is 0.310 e. The van der Waals surface area contributed by atoms with Crippen LogP contribution in [0.4, 0.5) is 0 Å². The number of hydrogen-bond donors (Lipinski definition) is 1. The van der Waals surface area contributed by atoms with E-state index in [-0.39, 0.29) is 0 Å². The quantitative estimate of drug-likeness (QED) is 0.901. The Kier molecular flexibility index (Phi) is 4.61. The Balaban J connectivity index is 2.31. The molecule has 0 amide bonds. The number of aromatic nitrogens is 2. The fourth-order valence-electron chi connectivity index (χ4n) is 2.85. The van der Waals surface area contributed by atoms with Gasteiger partial charge in [0, 0.05) is 17.3 Å². The molecule has 1 aromatic carbocycles. The summed E-state index contributed by atoms with van der Waals surface area (Å²) in [7, 11) is 0. The van der Waals surface area contributed by atoms with E-state index < -0.39 is 0 Å². The van der Waals surface area contributed by atoms with Gasteiger partial charge in [0.15, 0.2) is 0 Å². The summed E-state index contributed by atoms with van der Waals surface area (Å²) in [4.78, 5) is 0. The van der Waals surface area contributed by atoms with Gasteiger partial charge in [0.05, 0.1) is 12.2 Å². The topological polar surface area (TPSA) is 29.9 Å². The predicted molar refractivity (Wildman–Crippen MR) is 84.1 cm³/mol. The lowest BCUT2D eigenvalue weighted by molar-refractivity contribution is 0.589. The summed E-state index contributed by atoms with van der Waals surface area (Å²) in [5.41, 5.74) is 6.38. The van der Waals surface area contributed by atoms with Crippen molar-refractivity contribution in [1.82, 2.24) is 15.1 Å². The molecule has 2 rings (SSSR count). The van der Waals surface area contributed by atoms with Crippen molar-refractivity contribution in [2.45, 2.75) is 47.2 Å². The number of benzene rings is 1. The molecule has 0 radical (unpaired) electrons. The van der Waals surface area contributed by atoms with E-state index in [9.17, 15) is 0 Å². The summed E-state index contributed by atoms with van der Waals surface area (Å²) in [5, 5.41) is 8.21. The average Bonchev–Trinajstić information content (AvgIpc) is 2.67. The third-order valence-electron chi connectivity index (χ3n) is 3.96. The zero-order valence-corrected chi connectivity index (χ0v) is 13.2. The van der Waals surface area contributed by atoms with E-state index >= 15 is 0 Å². The van der Waals surface area contributed by atoms with Gasteiger partial charge < -0.3 is 5.32 Å². The molecule has 0 aliphatic rings. The Hall–Kier alpha value is -1.61. The van der Waals surface area contributed by atoms with Crippen molar-refractivity contribution in [3.8, 4) is 0 Å². The highest BCUT2D eigenvalue weighted by molar-refractivity contribution is 5.30. The Bertz CT molecular complexity index is 584. The molecular formula is C17H25N3. The lowest BCUT2D eigenvalue weighted by Crippen LogP contribution is -2.19. The molecule has 0 saturated carbocycles. The van der Waals surface area contributed by atoms with Crippen LogP contribution in [-0.4, -0.2) is 16.3 Å². The van der Waals surface area contributed by atoms with Crippen LogP contribution in [0.2, 0.25) is 0 Å². The van der Waals surface area contributed by atoms with Crippen LogP contribution < -0.4 is 5.32 Å². The van der Waals surface area contributed by atoms with E-state index in [1.54, 1.807) is 0 Å². The molecule has 1 atom stereocenters. The maximum absolute atomic E-state index is 4.73. The Labute approximate surface area is 122 Å². The minimum absolute atomic E-state index is 0.352. The number of nitrogens with zero attached hydrogens (tertiary/aromatic N) is 2. The summed E-state index contributed by atoms with van der Waals surface area (Å²) in [6.45, 7) is 12.6. The Morgan fingerprint density at radius 1 is 1.20 bits per heavy atom. The fraction of sp³-hybridized carbons (Fsp3) is 0.471. The second-order valence-electron chi connectivity index (χ2n) is 5.45. The molecule has 1 N–H and O–H groups in total. The van der Waals surface area contributed by atoms with E-state index in [0.29, 0.717) is 6.04 Å². The Morgan fingerprint density at radius 3 is 2.55 bits per heavy atom. The zero-order valence-electron chi connectivity index (χ0n) is 13.2. The van der Waals surface area contributed by atoms with Gasteiger partial charge in [-0.15, -0.1) is 0 Å². The molecule has 3 heteroatoms. The van der Waals surface area contributed by atoms with Crippen molar-refractivity contribution in [3.63, 3.8) is 0 Å². The van der Waals surface area contributed by atoms with Gasteiger partial charge in [-0.2, -0.15) is 5.10 Å². The number of aryl methyl sites for hydroxylation is 2. The van der Waals surface area contributed by atoms with Gasteiger partial charge >= 0.3 is 0 Å². The second-order valence-corrected chi connectivity index (χ2v) is 5.45. The fourth-order valence-corrected chi connectivity index (χ4v) is 2.85. The van der Waals surface area contributed by atoms with Gasteiger partial charge in [-0.1, -0.05) is 31.2 Å². The molecule has 0 aliphatic carbocycles.